The number of rotatable bonds is 29. The lowest BCUT2D eigenvalue weighted by Crippen LogP contribution is -2.50. The second-order valence-electron chi connectivity index (χ2n) is 21.8. The fourth-order valence-corrected chi connectivity index (χ4v) is 11.3. The lowest BCUT2D eigenvalue weighted by atomic mass is 9.91. The van der Waals surface area contributed by atoms with Crippen molar-refractivity contribution in [3.05, 3.63) is 74.9 Å². The minimum atomic E-state index is -1.21. The Bertz CT molecular complexity index is 2890. The van der Waals surface area contributed by atoms with Gasteiger partial charge >= 0.3 is 6.03 Å². The lowest BCUT2D eigenvalue weighted by Gasteiger charge is -2.38. The Morgan fingerprint density at radius 1 is 0.728 bits per heavy atom. The monoisotopic (exact) mass is 1140 g/mol. The quantitative estimate of drug-likeness (QED) is 0.0419. The van der Waals surface area contributed by atoms with Gasteiger partial charge in [0.2, 0.25) is 23.6 Å². The van der Waals surface area contributed by atoms with Gasteiger partial charge in [0.05, 0.1) is 98.6 Å². The van der Waals surface area contributed by atoms with E-state index in [1.54, 1.807) is 40.1 Å². The van der Waals surface area contributed by atoms with Gasteiger partial charge in [-0.1, -0.05) is 30.5 Å². The number of ether oxygens (including phenoxy) is 3. The van der Waals surface area contributed by atoms with E-state index in [9.17, 15) is 38.7 Å². The number of aryl methyl sites for hydroxylation is 1. The molecule has 2 aromatic carbocycles. The fourth-order valence-electron chi connectivity index (χ4n) is 10.9. The first-order valence-corrected chi connectivity index (χ1v) is 29.4. The number of piperazine rings is 1. The van der Waals surface area contributed by atoms with Crippen molar-refractivity contribution in [1.82, 2.24) is 50.5 Å². The number of pyridine rings is 1. The van der Waals surface area contributed by atoms with Crippen LogP contribution in [0.3, 0.4) is 0 Å². The maximum Gasteiger partial charge on any atom is 0.315 e. The predicted octanol–water partition coefficient (Wildman–Crippen LogP) is 4.09. The number of benzene rings is 2. The van der Waals surface area contributed by atoms with E-state index in [2.05, 4.69) is 31.6 Å². The number of carbonyl (C=O) groups excluding carboxylic acids is 6. The summed E-state index contributed by atoms with van der Waals surface area (Å²) < 4.78 is 18.1. The number of likely N-dealkylation sites (tertiary alicyclic amines) is 1. The number of carbonyl (C=O) groups is 6. The van der Waals surface area contributed by atoms with Crippen LogP contribution < -0.4 is 32.1 Å². The average Bonchev–Trinajstić information content (AvgIpc) is 4.02. The van der Waals surface area contributed by atoms with Crippen LogP contribution in [0.4, 0.5) is 10.5 Å². The standard InChI is InChI=1S/C58H80ClN11O11/c1-40-46(66-57(77)63-40)10-3-2-4-12-50(71)60-22-30-80-32-34-81-33-31-79-29-18-53(74)69-27-25-67(26-28-69)37-51(72)64-42-15-17-45-48(36-42)62-39-70(56(45)76)38-58(78)19-23-68(24-20-58)52(73)13-7-8-21-61-55(75)41-14-16-44-49(35-41)65-47-11-6-5-9-43(47)54(44)59/h14-17,35-36,39-40,46,78H,2-13,18-34,37-38H2,1H3,(H,60,71)(H,61,75)(H,64,72)(H2,63,66,77). The number of unbranched alkanes of at least 4 members (excludes halogenated alkanes) is 3. The highest BCUT2D eigenvalue weighted by molar-refractivity contribution is 6.36. The van der Waals surface area contributed by atoms with Crippen molar-refractivity contribution in [2.75, 3.05) is 104 Å². The van der Waals surface area contributed by atoms with Gasteiger partial charge in [-0.2, -0.15) is 0 Å². The van der Waals surface area contributed by atoms with Crippen molar-refractivity contribution in [1.29, 1.82) is 0 Å². The number of hydrogen-bond donors (Lipinski definition) is 6. The molecule has 2 atom stereocenters. The molecule has 3 saturated heterocycles. The van der Waals surface area contributed by atoms with Gasteiger partial charge in [-0.05, 0) is 107 Å². The van der Waals surface area contributed by atoms with Crippen LogP contribution in [0.15, 0.2) is 47.5 Å². The number of nitrogens with zero attached hydrogens (tertiary/aromatic N) is 6. The first-order chi connectivity index (χ1) is 39.2. The molecule has 7 amide bonds. The minimum absolute atomic E-state index is 0.000429. The van der Waals surface area contributed by atoms with Crippen molar-refractivity contribution in [2.24, 2.45) is 0 Å². The van der Waals surface area contributed by atoms with E-state index >= 15 is 0 Å². The molecule has 4 aromatic rings. The van der Waals surface area contributed by atoms with Crippen molar-refractivity contribution >= 4 is 74.7 Å². The third kappa shape index (κ3) is 17.8. The Balaban J connectivity index is 0.631. The van der Waals surface area contributed by atoms with E-state index in [4.69, 9.17) is 30.8 Å². The van der Waals surface area contributed by atoms with Gasteiger partial charge in [0, 0.05) is 93.6 Å². The molecule has 2 aromatic heterocycles. The molecule has 6 N–H and O–H groups in total. The number of halogens is 1. The molecule has 8 rings (SSSR count). The van der Waals surface area contributed by atoms with E-state index in [1.807, 2.05) is 17.9 Å². The van der Waals surface area contributed by atoms with Crippen LogP contribution in [0, 0.1) is 0 Å². The van der Waals surface area contributed by atoms with Gasteiger partial charge in [0.25, 0.3) is 11.5 Å². The maximum atomic E-state index is 13.6. The summed E-state index contributed by atoms with van der Waals surface area (Å²) in [6, 6.07) is 10.5. The number of amides is 7. The Labute approximate surface area is 477 Å². The summed E-state index contributed by atoms with van der Waals surface area (Å²) in [5, 5.41) is 27.9. The number of anilines is 1. The minimum Gasteiger partial charge on any atom is -0.388 e. The van der Waals surface area contributed by atoms with Crippen molar-refractivity contribution in [2.45, 2.75) is 127 Å². The molecule has 0 spiro atoms. The molecule has 23 heteroatoms. The number of urea groups is 1. The third-order valence-corrected chi connectivity index (χ3v) is 16.2. The van der Waals surface area contributed by atoms with Gasteiger partial charge < -0.3 is 55.7 Å². The van der Waals surface area contributed by atoms with Crippen LogP contribution >= 0.6 is 11.6 Å². The molecule has 5 heterocycles. The molecule has 0 bridgehead atoms. The highest BCUT2D eigenvalue weighted by Crippen LogP contribution is 2.33. The molecule has 22 nitrogen and oxygen atoms in total. The van der Waals surface area contributed by atoms with Gasteiger partial charge in [0.15, 0.2) is 0 Å². The molecule has 0 saturated carbocycles. The van der Waals surface area contributed by atoms with E-state index < -0.39 is 5.60 Å². The molecule has 1 aliphatic carbocycles. The van der Waals surface area contributed by atoms with Gasteiger partial charge in [0.1, 0.15) is 0 Å². The van der Waals surface area contributed by atoms with Crippen LogP contribution in [0.1, 0.15) is 112 Å². The lowest BCUT2D eigenvalue weighted by molar-refractivity contribution is -0.136. The molecular formula is C58H80ClN11O11. The zero-order chi connectivity index (χ0) is 57.1. The second-order valence-corrected chi connectivity index (χ2v) is 22.2. The summed E-state index contributed by atoms with van der Waals surface area (Å²) in [5.74, 6) is -0.454. The molecule has 0 radical (unpaired) electrons. The number of aromatic nitrogens is 3. The van der Waals surface area contributed by atoms with Crippen LogP contribution in [0.25, 0.3) is 21.8 Å². The highest BCUT2D eigenvalue weighted by Gasteiger charge is 2.35. The SMILES string of the molecule is CC1NC(=O)NC1CCCCCC(=O)NCCOCCOCCOCCC(=O)N1CCN(CC(=O)Nc2ccc3c(=O)n(CC4(O)CCN(C(=O)CCCCNC(=O)c5ccc6c(Cl)c7c(nc6c5)CCCC7)CC4)cnc3c2)CC1. The summed E-state index contributed by atoms with van der Waals surface area (Å²) in [5.41, 5.74) is 2.75. The highest BCUT2D eigenvalue weighted by atomic mass is 35.5. The molecule has 440 valence electrons. The summed E-state index contributed by atoms with van der Waals surface area (Å²) in [7, 11) is 0. The van der Waals surface area contributed by atoms with Gasteiger partial charge in [-0.15, -0.1) is 0 Å². The molecule has 81 heavy (non-hydrogen) atoms. The summed E-state index contributed by atoms with van der Waals surface area (Å²) >= 11 is 6.71. The number of fused-ring (bicyclic) bond motifs is 3. The summed E-state index contributed by atoms with van der Waals surface area (Å²) in [6.45, 7) is 7.92. The normalized spacial score (nSPS) is 18.1. The fraction of sp³-hybridized carbons (Fsp3) is 0.603. The van der Waals surface area contributed by atoms with Crippen LogP contribution in [0.2, 0.25) is 5.02 Å². The predicted molar refractivity (Wildman–Crippen MR) is 306 cm³/mol. The van der Waals surface area contributed by atoms with Crippen molar-refractivity contribution < 1.29 is 48.1 Å². The van der Waals surface area contributed by atoms with Gasteiger partial charge in [-0.3, -0.25) is 43.2 Å². The van der Waals surface area contributed by atoms with E-state index in [-0.39, 0.29) is 79.3 Å². The smallest absolute Gasteiger partial charge is 0.315 e. The topological polar surface area (TPSA) is 268 Å². The largest absolute Gasteiger partial charge is 0.388 e. The van der Waals surface area contributed by atoms with Crippen LogP contribution in [-0.4, -0.2) is 186 Å². The molecule has 2 unspecified atom stereocenters. The number of nitrogens with one attached hydrogen (secondary N) is 5. The Morgan fingerprint density at radius 2 is 1.43 bits per heavy atom. The zero-order valence-corrected chi connectivity index (χ0v) is 47.5. The second kappa shape index (κ2) is 30.1. The van der Waals surface area contributed by atoms with Crippen LogP contribution in [-0.2, 0) is 52.8 Å². The van der Waals surface area contributed by atoms with E-state index in [0.717, 1.165) is 78.5 Å². The summed E-state index contributed by atoms with van der Waals surface area (Å²) in [6.07, 6.45) is 11.9. The first kappa shape index (κ1) is 60.8. The summed E-state index contributed by atoms with van der Waals surface area (Å²) in [4.78, 5) is 104. The molecular weight excluding hydrogens is 1060 g/mol. The Morgan fingerprint density at radius 3 is 2.20 bits per heavy atom. The molecule has 3 aliphatic heterocycles. The Hall–Kier alpha value is -6.30. The first-order valence-electron chi connectivity index (χ1n) is 29.0. The van der Waals surface area contributed by atoms with Crippen molar-refractivity contribution in [3.63, 3.8) is 0 Å². The third-order valence-electron chi connectivity index (χ3n) is 15.7. The number of piperidine rings is 1. The number of aliphatic hydroxyl groups is 1. The molecule has 4 aliphatic rings. The van der Waals surface area contributed by atoms with Crippen molar-refractivity contribution in [3.8, 4) is 0 Å². The maximum absolute atomic E-state index is 13.6. The van der Waals surface area contributed by atoms with Gasteiger partial charge in [-0.25, -0.2) is 9.78 Å². The van der Waals surface area contributed by atoms with Crippen LogP contribution in [0.5, 0.6) is 0 Å². The van der Waals surface area contributed by atoms with E-state index in [0.29, 0.717) is 146 Å². The van der Waals surface area contributed by atoms with E-state index in [1.165, 1.54) is 10.9 Å². The average molecular weight is 1140 g/mol. The molecule has 3 fully saturated rings. The zero-order valence-electron chi connectivity index (χ0n) is 46.7. The number of hydrogen-bond acceptors (Lipinski definition) is 14. The Kier molecular flexibility index (Phi) is 22.6.